The van der Waals surface area contributed by atoms with Crippen molar-refractivity contribution in [1.82, 2.24) is 4.98 Å². The SMILES string of the molecule is C=Cc1cc(C)c(-c2c3ccc(C(C)(C)C)cc3nc3cc(C(C)(C)C)ccc23)c(C)c1. The maximum absolute atomic E-state index is 5.19. The highest BCUT2D eigenvalue weighted by molar-refractivity contribution is 6.10. The first kappa shape index (κ1) is 22.3. The molecule has 0 saturated carbocycles. The van der Waals surface area contributed by atoms with Crippen LogP contribution >= 0.6 is 0 Å². The summed E-state index contributed by atoms with van der Waals surface area (Å²) in [5.74, 6) is 0. The van der Waals surface area contributed by atoms with Crippen molar-refractivity contribution in [1.29, 1.82) is 0 Å². The number of rotatable bonds is 2. The number of hydrogen-bond donors (Lipinski definition) is 0. The second-order valence-corrected chi connectivity index (χ2v) is 11.2. The van der Waals surface area contributed by atoms with Gasteiger partial charge in [0, 0.05) is 16.3 Å². The van der Waals surface area contributed by atoms with Crippen molar-refractivity contribution < 1.29 is 0 Å². The molecule has 4 rings (SSSR count). The van der Waals surface area contributed by atoms with E-state index < -0.39 is 0 Å². The van der Waals surface area contributed by atoms with Crippen molar-refractivity contribution in [2.24, 2.45) is 0 Å². The molecule has 0 N–H and O–H groups in total. The Morgan fingerprint density at radius 1 is 0.656 bits per heavy atom. The van der Waals surface area contributed by atoms with Gasteiger partial charge in [-0.05, 0) is 70.2 Å². The lowest BCUT2D eigenvalue weighted by molar-refractivity contribution is 0.591. The molecular formula is C31H35N. The zero-order valence-electron chi connectivity index (χ0n) is 20.9. The summed E-state index contributed by atoms with van der Waals surface area (Å²) in [7, 11) is 0. The number of fused-ring (bicyclic) bond motifs is 2. The van der Waals surface area contributed by atoms with Gasteiger partial charge in [0.1, 0.15) is 0 Å². The van der Waals surface area contributed by atoms with Gasteiger partial charge in [-0.25, -0.2) is 4.98 Å². The minimum Gasteiger partial charge on any atom is -0.248 e. The molecule has 1 nitrogen and oxygen atoms in total. The summed E-state index contributed by atoms with van der Waals surface area (Å²) >= 11 is 0. The van der Waals surface area contributed by atoms with E-state index in [1.807, 2.05) is 6.08 Å². The van der Waals surface area contributed by atoms with E-state index in [9.17, 15) is 0 Å². The van der Waals surface area contributed by atoms with Crippen molar-refractivity contribution in [3.8, 4) is 11.1 Å². The van der Waals surface area contributed by atoms with Crippen LogP contribution in [-0.4, -0.2) is 4.98 Å². The molecule has 1 heterocycles. The molecule has 0 aliphatic heterocycles. The fourth-order valence-electron chi connectivity index (χ4n) is 4.66. The fourth-order valence-corrected chi connectivity index (χ4v) is 4.66. The zero-order chi connectivity index (χ0) is 23.4. The number of aromatic nitrogens is 1. The highest BCUT2D eigenvalue weighted by Crippen LogP contribution is 2.41. The third-order valence-corrected chi connectivity index (χ3v) is 6.55. The van der Waals surface area contributed by atoms with E-state index in [2.05, 4.69) is 110 Å². The van der Waals surface area contributed by atoms with Gasteiger partial charge in [0.05, 0.1) is 11.0 Å². The van der Waals surface area contributed by atoms with Crippen molar-refractivity contribution in [2.45, 2.75) is 66.2 Å². The number of aryl methyl sites for hydroxylation is 2. The Morgan fingerprint density at radius 2 is 1.09 bits per heavy atom. The summed E-state index contributed by atoms with van der Waals surface area (Å²) < 4.78 is 0. The average Bonchev–Trinajstić information content (AvgIpc) is 2.70. The molecule has 0 fully saturated rings. The summed E-state index contributed by atoms with van der Waals surface area (Å²) in [6, 6.07) is 18.1. The van der Waals surface area contributed by atoms with Crippen molar-refractivity contribution in [2.75, 3.05) is 0 Å². The van der Waals surface area contributed by atoms with E-state index in [4.69, 9.17) is 4.98 Å². The zero-order valence-corrected chi connectivity index (χ0v) is 20.9. The lowest BCUT2D eigenvalue weighted by atomic mass is 9.83. The molecule has 32 heavy (non-hydrogen) atoms. The first-order chi connectivity index (χ1) is 14.9. The topological polar surface area (TPSA) is 12.9 Å². The van der Waals surface area contributed by atoms with Gasteiger partial charge >= 0.3 is 0 Å². The molecule has 1 aromatic heterocycles. The molecular weight excluding hydrogens is 386 g/mol. The summed E-state index contributed by atoms with van der Waals surface area (Å²) in [5.41, 5.74) is 11.2. The minimum absolute atomic E-state index is 0.0791. The predicted molar refractivity (Wildman–Crippen MR) is 142 cm³/mol. The Labute approximate surface area is 193 Å². The van der Waals surface area contributed by atoms with E-state index in [0.717, 1.165) is 16.6 Å². The van der Waals surface area contributed by atoms with Crippen LogP contribution in [0.15, 0.2) is 55.1 Å². The summed E-state index contributed by atoms with van der Waals surface area (Å²) in [5, 5.41) is 2.43. The number of hydrogen-bond acceptors (Lipinski definition) is 1. The van der Waals surface area contributed by atoms with Crippen LogP contribution in [0.25, 0.3) is 39.0 Å². The van der Waals surface area contributed by atoms with Gasteiger partial charge in [0.2, 0.25) is 0 Å². The third kappa shape index (κ3) is 3.86. The summed E-state index contributed by atoms with van der Waals surface area (Å²) in [6.45, 7) is 21.9. The summed E-state index contributed by atoms with van der Waals surface area (Å²) in [4.78, 5) is 5.19. The average molecular weight is 422 g/mol. The van der Waals surface area contributed by atoms with Crippen LogP contribution in [0.1, 0.15) is 69.4 Å². The molecule has 3 aromatic carbocycles. The fraction of sp³-hybridized carbons (Fsp3) is 0.323. The first-order valence-corrected chi connectivity index (χ1v) is 11.5. The largest absolute Gasteiger partial charge is 0.248 e. The Bertz CT molecular complexity index is 1260. The molecule has 0 spiro atoms. The van der Waals surface area contributed by atoms with Crippen LogP contribution < -0.4 is 0 Å². The molecule has 164 valence electrons. The molecule has 4 aromatic rings. The van der Waals surface area contributed by atoms with Crippen LogP contribution in [0.3, 0.4) is 0 Å². The number of nitrogens with zero attached hydrogens (tertiary/aromatic N) is 1. The van der Waals surface area contributed by atoms with Crippen molar-refractivity contribution in [3.05, 3.63) is 82.9 Å². The molecule has 0 aliphatic rings. The lowest BCUT2D eigenvalue weighted by Gasteiger charge is -2.23. The Hall–Kier alpha value is -2.93. The van der Waals surface area contributed by atoms with E-state index in [1.165, 1.54) is 44.2 Å². The number of benzene rings is 3. The quantitative estimate of drug-likeness (QED) is 0.294. The van der Waals surface area contributed by atoms with Crippen LogP contribution in [0, 0.1) is 13.8 Å². The van der Waals surface area contributed by atoms with E-state index >= 15 is 0 Å². The van der Waals surface area contributed by atoms with E-state index in [1.54, 1.807) is 0 Å². The van der Waals surface area contributed by atoms with Gasteiger partial charge in [-0.2, -0.15) is 0 Å². The monoisotopic (exact) mass is 421 g/mol. The molecule has 0 saturated heterocycles. The molecule has 0 bridgehead atoms. The van der Waals surface area contributed by atoms with Crippen LogP contribution in [0.5, 0.6) is 0 Å². The molecule has 0 radical (unpaired) electrons. The Balaban J connectivity index is 2.17. The van der Waals surface area contributed by atoms with Gasteiger partial charge in [0.15, 0.2) is 0 Å². The highest BCUT2D eigenvalue weighted by atomic mass is 14.7. The van der Waals surface area contributed by atoms with Gasteiger partial charge < -0.3 is 0 Å². The molecule has 0 amide bonds. The number of pyridine rings is 1. The van der Waals surface area contributed by atoms with Crippen LogP contribution in [0.2, 0.25) is 0 Å². The second kappa shape index (κ2) is 7.59. The normalized spacial score (nSPS) is 12.5. The van der Waals surface area contributed by atoms with E-state index in [0.29, 0.717) is 0 Å². The smallest absolute Gasteiger partial charge is 0.0718 e. The maximum Gasteiger partial charge on any atom is 0.0718 e. The van der Waals surface area contributed by atoms with Gasteiger partial charge in [-0.1, -0.05) is 90.6 Å². The maximum atomic E-state index is 5.19. The van der Waals surface area contributed by atoms with Gasteiger partial charge in [-0.15, -0.1) is 0 Å². The standard InChI is InChI=1S/C31H35N/c1-10-21-15-19(2)28(20(3)16-21)29-24-13-11-22(30(4,5)6)17-26(24)32-27-18-23(31(7,8)9)12-14-25(27)29/h10-18H,1H2,2-9H3. The van der Waals surface area contributed by atoms with Crippen LogP contribution in [-0.2, 0) is 10.8 Å². The summed E-state index contributed by atoms with van der Waals surface area (Å²) in [6.07, 6.45) is 1.93. The Morgan fingerprint density at radius 3 is 1.47 bits per heavy atom. The van der Waals surface area contributed by atoms with Gasteiger partial charge in [-0.3, -0.25) is 0 Å². The third-order valence-electron chi connectivity index (χ3n) is 6.55. The lowest BCUT2D eigenvalue weighted by Crippen LogP contribution is -2.11. The molecule has 0 atom stereocenters. The highest BCUT2D eigenvalue weighted by Gasteiger charge is 2.21. The molecule has 1 heteroatoms. The second-order valence-electron chi connectivity index (χ2n) is 11.2. The van der Waals surface area contributed by atoms with Crippen molar-refractivity contribution in [3.63, 3.8) is 0 Å². The van der Waals surface area contributed by atoms with E-state index in [-0.39, 0.29) is 10.8 Å². The predicted octanol–water partition coefficient (Wildman–Crippen LogP) is 8.91. The van der Waals surface area contributed by atoms with Gasteiger partial charge in [0.25, 0.3) is 0 Å². The van der Waals surface area contributed by atoms with Crippen LogP contribution in [0.4, 0.5) is 0 Å². The van der Waals surface area contributed by atoms with Crippen molar-refractivity contribution >= 4 is 27.9 Å². The molecule has 0 unspecified atom stereocenters. The molecule has 0 aliphatic carbocycles. The first-order valence-electron chi connectivity index (χ1n) is 11.5. The Kier molecular flexibility index (Phi) is 5.28. The minimum atomic E-state index is 0.0791.